The summed E-state index contributed by atoms with van der Waals surface area (Å²) < 4.78 is 5.56. The van der Waals surface area contributed by atoms with Crippen molar-refractivity contribution >= 4 is 0 Å². The fourth-order valence-corrected chi connectivity index (χ4v) is 2.88. The van der Waals surface area contributed by atoms with E-state index in [1.165, 1.54) is 51.5 Å². The Kier molecular flexibility index (Phi) is 5.94. The molecule has 0 aromatic carbocycles. The summed E-state index contributed by atoms with van der Waals surface area (Å²) in [7, 11) is 1.83. The summed E-state index contributed by atoms with van der Waals surface area (Å²) in [6.07, 6.45) is 9.55. The molecule has 0 atom stereocenters. The number of nitrogens with one attached hydrogen (secondary N) is 1. The summed E-state index contributed by atoms with van der Waals surface area (Å²) in [4.78, 5) is 0. The molecule has 0 spiro atoms. The number of rotatable bonds is 7. The predicted octanol–water partition coefficient (Wildman–Crippen LogP) is 3.75. The Morgan fingerprint density at radius 1 is 1.18 bits per heavy atom. The molecule has 0 heterocycles. The van der Waals surface area contributed by atoms with Gasteiger partial charge in [-0.25, -0.2) is 0 Å². The van der Waals surface area contributed by atoms with E-state index >= 15 is 0 Å². The summed E-state index contributed by atoms with van der Waals surface area (Å²) in [6.45, 7) is 8.90. The van der Waals surface area contributed by atoms with Gasteiger partial charge in [0.2, 0.25) is 0 Å². The molecule has 0 saturated heterocycles. The lowest BCUT2D eigenvalue weighted by Crippen LogP contribution is -2.38. The van der Waals surface area contributed by atoms with Crippen molar-refractivity contribution in [2.24, 2.45) is 5.41 Å². The summed E-state index contributed by atoms with van der Waals surface area (Å²) >= 11 is 0. The van der Waals surface area contributed by atoms with Crippen molar-refractivity contribution in [3.05, 3.63) is 0 Å². The van der Waals surface area contributed by atoms with Crippen LogP contribution >= 0.6 is 0 Å². The van der Waals surface area contributed by atoms with Crippen molar-refractivity contribution in [1.82, 2.24) is 5.32 Å². The molecule has 0 amide bonds. The van der Waals surface area contributed by atoms with Gasteiger partial charge in [-0.15, -0.1) is 0 Å². The van der Waals surface area contributed by atoms with Crippen LogP contribution in [0.1, 0.15) is 65.7 Å². The molecule has 1 rings (SSSR count). The highest BCUT2D eigenvalue weighted by Gasteiger charge is 2.33. The average molecular weight is 241 g/mol. The molecule has 0 aliphatic heterocycles. The molecule has 0 radical (unpaired) electrons. The highest BCUT2D eigenvalue weighted by atomic mass is 16.5. The maximum Gasteiger partial charge on any atom is 0.0623 e. The molecule has 2 nitrogen and oxygen atoms in total. The molecule has 1 saturated carbocycles. The third-order valence-corrected chi connectivity index (χ3v) is 4.47. The number of ether oxygens (including phenoxy) is 1. The highest BCUT2D eigenvalue weighted by Crippen LogP contribution is 2.41. The van der Waals surface area contributed by atoms with Crippen LogP contribution in [-0.4, -0.2) is 25.8 Å². The first-order valence-corrected chi connectivity index (χ1v) is 7.29. The Hall–Kier alpha value is -0.0800. The van der Waals surface area contributed by atoms with E-state index in [4.69, 9.17) is 4.74 Å². The van der Waals surface area contributed by atoms with Crippen molar-refractivity contribution in [2.75, 3.05) is 20.2 Å². The third-order valence-electron chi connectivity index (χ3n) is 4.47. The minimum Gasteiger partial charge on any atom is -0.379 e. The SMILES string of the molecule is CCNCC1(CCC(C)(C)OC)CCCCC1. The molecule has 1 aliphatic carbocycles. The van der Waals surface area contributed by atoms with Gasteiger partial charge in [-0.1, -0.05) is 26.2 Å². The van der Waals surface area contributed by atoms with Crippen LogP contribution in [0, 0.1) is 5.41 Å². The average Bonchev–Trinajstić information content (AvgIpc) is 2.36. The second-order valence-corrected chi connectivity index (χ2v) is 6.30. The van der Waals surface area contributed by atoms with Gasteiger partial charge < -0.3 is 10.1 Å². The molecule has 1 aliphatic rings. The minimum absolute atomic E-state index is 0.0384. The smallest absolute Gasteiger partial charge is 0.0623 e. The van der Waals surface area contributed by atoms with E-state index in [9.17, 15) is 0 Å². The maximum absolute atomic E-state index is 5.56. The Bertz CT molecular complexity index is 207. The van der Waals surface area contributed by atoms with Crippen molar-refractivity contribution in [2.45, 2.75) is 71.3 Å². The lowest BCUT2D eigenvalue weighted by atomic mass is 9.70. The van der Waals surface area contributed by atoms with Gasteiger partial charge in [0.1, 0.15) is 0 Å². The molecule has 17 heavy (non-hydrogen) atoms. The summed E-state index contributed by atoms with van der Waals surface area (Å²) in [6, 6.07) is 0. The first kappa shape index (κ1) is 15.0. The van der Waals surface area contributed by atoms with E-state index in [2.05, 4.69) is 26.1 Å². The van der Waals surface area contributed by atoms with E-state index in [1.807, 2.05) is 7.11 Å². The van der Waals surface area contributed by atoms with Gasteiger partial charge in [0.05, 0.1) is 5.60 Å². The van der Waals surface area contributed by atoms with Crippen LogP contribution in [0.2, 0.25) is 0 Å². The quantitative estimate of drug-likeness (QED) is 0.733. The van der Waals surface area contributed by atoms with E-state index in [0.717, 1.165) is 6.54 Å². The van der Waals surface area contributed by atoms with Gasteiger partial charge in [-0.05, 0) is 51.5 Å². The predicted molar refractivity (Wildman–Crippen MR) is 74.4 cm³/mol. The second-order valence-electron chi connectivity index (χ2n) is 6.30. The van der Waals surface area contributed by atoms with Crippen LogP contribution in [0.15, 0.2) is 0 Å². The lowest BCUT2D eigenvalue weighted by Gasteiger charge is -2.39. The molecule has 1 N–H and O–H groups in total. The van der Waals surface area contributed by atoms with Gasteiger partial charge in [-0.3, -0.25) is 0 Å². The molecule has 0 aromatic rings. The van der Waals surface area contributed by atoms with Crippen molar-refractivity contribution in [3.63, 3.8) is 0 Å². The van der Waals surface area contributed by atoms with Crippen LogP contribution in [0.3, 0.4) is 0 Å². The molecular weight excluding hydrogens is 210 g/mol. The van der Waals surface area contributed by atoms with Gasteiger partial charge in [0, 0.05) is 13.7 Å². The first-order valence-electron chi connectivity index (χ1n) is 7.29. The molecular formula is C15H31NO. The fourth-order valence-electron chi connectivity index (χ4n) is 2.88. The van der Waals surface area contributed by atoms with Gasteiger partial charge in [-0.2, -0.15) is 0 Å². The summed E-state index contributed by atoms with van der Waals surface area (Å²) in [5, 5.41) is 3.57. The number of hydrogen-bond donors (Lipinski definition) is 1. The molecule has 1 fully saturated rings. The van der Waals surface area contributed by atoms with E-state index in [-0.39, 0.29) is 5.60 Å². The Labute approximate surface area is 108 Å². The molecule has 0 aromatic heterocycles. The van der Waals surface area contributed by atoms with Gasteiger partial charge in [0.15, 0.2) is 0 Å². The zero-order valence-corrected chi connectivity index (χ0v) is 12.3. The van der Waals surface area contributed by atoms with E-state index in [1.54, 1.807) is 0 Å². The third kappa shape index (κ3) is 4.97. The van der Waals surface area contributed by atoms with Crippen LogP contribution in [0.5, 0.6) is 0 Å². The van der Waals surface area contributed by atoms with Crippen LogP contribution in [-0.2, 0) is 4.74 Å². The zero-order valence-electron chi connectivity index (χ0n) is 12.3. The summed E-state index contributed by atoms with van der Waals surface area (Å²) in [5.41, 5.74) is 0.584. The van der Waals surface area contributed by atoms with E-state index < -0.39 is 0 Å². The van der Waals surface area contributed by atoms with E-state index in [0.29, 0.717) is 5.41 Å². The van der Waals surface area contributed by atoms with Crippen molar-refractivity contribution in [1.29, 1.82) is 0 Å². The van der Waals surface area contributed by atoms with Crippen LogP contribution < -0.4 is 5.32 Å². The topological polar surface area (TPSA) is 21.3 Å². The zero-order chi connectivity index (χ0) is 12.8. The Morgan fingerprint density at radius 2 is 1.82 bits per heavy atom. The molecule has 0 unspecified atom stereocenters. The maximum atomic E-state index is 5.56. The standard InChI is InChI=1S/C15H31NO/c1-5-16-13-15(9-7-6-8-10-15)12-11-14(2,3)17-4/h16H,5-13H2,1-4H3. The molecule has 2 heteroatoms. The highest BCUT2D eigenvalue weighted by molar-refractivity contribution is 4.87. The van der Waals surface area contributed by atoms with Gasteiger partial charge >= 0.3 is 0 Å². The normalized spacial score (nSPS) is 20.5. The fraction of sp³-hybridized carbons (Fsp3) is 1.00. The van der Waals surface area contributed by atoms with Crippen molar-refractivity contribution < 1.29 is 4.74 Å². The Balaban J connectivity index is 2.50. The van der Waals surface area contributed by atoms with Crippen LogP contribution in [0.25, 0.3) is 0 Å². The second kappa shape index (κ2) is 6.75. The first-order chi connectivity index (χ1) is 8.04. The number of hydrogen-bond acceptors (Lipinski definition) is 2. The van der Waals surface area contributed by atoms with Crippen LogP contribution in [0.4, 0.5) is 0 Å². The monoisotopic (exact) mass is 241 g/mol. The largest absolute Gasteiger partial charge is 0.379 e. The van der Waals surface area contributed by atoms with Crippen molar-refractivity contribution in [3.8, 4) is 0 Å². The number of methoxy groups -OCH3 is 1. The Morgan fingerprint density at radius 3 is 2.35 bits per heavy atom. The minimum atomic E-state index is 0.0384. The molecule has 102 valence electrons. The molecule has 0 bridgehead atoms. The van der Waals surface area contributed by atoms with Gasteiger partial charge in [0.25, 0.3) is 0 Å². The lowest BCUT2D eigenvalue weighted by molar-refractivity contribution is -0.000785. The summed E-state index contributed by atoms with van der Waals surface area (Å²) in [5.74, 6) is 0.